The summed E-state index contributed by atoms with van der Waals surface area (Å²) in [6.07, 6.45) is 2.01. The molecule has 0 saturated carbocycles. The summed E-state index contributed by atoms with van der Waals surface area (Å²) in [6.45, 7) is 4.77. The summed E-state index contributed by atoms with van der Waals surface area (Å²) >= 11 is 1.33. The van der Waals surface area contributed by atoms with Crippen LogP contribution in [0.1, 0.15) is 32.9 Å². The fourth-order valence-corrected chi connectivity index (χ4v) is 5.30. The highest BCUT2D eigenvalue weighted by Gasteiger charge is 2.27. The molecule has 0 bridgehead atoms. The normalized spacial score (nSPS) is 15.3. The number of aliphatic hydroxyl groups excluding tert-OH is 1. The summed E-state index contributed by atoms with van der Waals surface area (Å²) in [5.41, 5.74) is 3.44. The third-order valence-electron chi connectivity index (χ3n) is 5.92. The molecule has 1 atom stereocenters. The summed E-state index contributed by atoms with van der Waals surface area (Å²) in [5, 5.41) is 12.6. The summed E-state index contributed by atoms with van der Waals surface area (Å²) in [6, 6.07) is 14.7. The maximum Gasteiger partial charge on any atom is 0.264 e. The maximum absolute atomic E-state index is 12.8. The molecule has 2 N–H and O–H groups in total. The van der Waals surface area contributed by atoms with Gasteiger partial charge in [-0.3, -0.25) is 14.6 Å². The molecular weight excluding hydrogens is 476 g/mol. The number of nitrogens with one attached hydrogen (secondary N) is 1. The van der Waals surface area contributed by atoms with Gasteiger partial charge in [-0.2, -0.15) is 0 Å². The second kappa shape index (κ2) is 10.0. The first kappa shape index (κ1) is 23.9. The second-order valence-electron chi connectivity index (χ2n) is 8.97. The fraction of sp³-hybridized carbons (Fsp3) is 0.259. The first-order valence-electron chi connectivity index (χ1n) is 11.7. The molecule has 3 aromatic heterocycles. The van der Waals surface area contributed by atoms with E-state index < -0.39 is 6.10 Å². The van der Waals surface area contributed by atoms with Gasteiger partial charge in [0.15, 0.2) is 0 Å². The van der Waals surface area contributed by atoms with Crippen LogP contribution in [0.15, 0.2) is 54.7 Å². The number of ether oxygens (including phenoxy) is 1. The van der Waals surface area contributed by atoms with Gasteiger partial charge < -0.3 is 20.1 Å². The van der Waals surface area contributed by atoms with Gasteiger partial charge in [-0.15, -0.1) is 11.3 Å². The van der Waals surface area contributed by atoms with E-state index >= 15 is 0 Å². The Bertz CT molecular complexity index is 1410. The third-order valence-corrected chi connectivity index (χ3v) is 7.05. The number of aryl methyl sites for hydroxylation is 2. The number of pyridine rings is 2. The van der Waals surface area contributed by atoms with Gasteiger partial charge in [0.1, 0.15) is 17.3 Å². The minimum absolute atomic E-state index is 0.0980. The maximum atomic E-state index is 12.8. The lowest BCUT2D eigenvalue weighted by Gasteiger charge is -2.13. The molecule has 4 aromatic rings. The number of rotatable bonds is 6. The number of aliphatic hydroxyl groups is 1. The van der Waals surface area contributed by atoms with Gasteiger partial charge >= 0.3 is 0 Å². The van der Waals surface area contributed by atoms with Crippen LogP contribution in [0.3, 0.4) is 0 Å². The van der Waals surface area contributed by atoms with E-state index in [2.05, 4.69) is 15.3 Å². The van der Waals surface area contributed by atoms with Crippen LogP contribution in [0.5, 0.6) is 11.5 Å². The first-order chi connectivity index (χ1) is 17.3. The molecule has 184 valence electrons. The largest absolute Gasteiger partial charge is 0.456 e. The average Bonchev–Trinajstić information content (AvgIpc) is 3.46. The monoisotopic (exact) mass is 502 g/mol. The zero-order valence-corrected chi connectivity index (χ0v) is 20.8. The SMILES string of the molecule is Cc1cc(C)nc(NC(=O)Cc2ccc(Oc3ccnc4cc(C(=O)N5CC[C@@H](O)C5)sc34)cc2)c1. The molecule has 0 unspecified atom stereocenters. The quantitative estimate of drug-likeness (QED) is 0.403. The van der Waals surface area contributed by atoms with E-state index in [-0.39, 0.29) is 18.2 Å². The lowest BCUT2D eigenvalue weighted by molar-refractivity contribution is -0.115. The molecular formula is C27H26N4O4S. The van der Waals surface area contributed by atoms with Crippen molar-refractivity contribution < 1.29 is 19.4 Å². The van der Waals surface area contributed by atoms with Crippen LogP contribution in [-0.4, -0.2) is 51.0 Å². The zero-order chi connectivity index (χ0) is 25.2. The summed E-state index contributed by atoms with van der Waals surface area (Å²) in [5.74, 6) is 1.54. The van der Waals surface area contributed by atoms with Crippen molar-refractivity contribution in [1.82, 2.24) is 14.9 Å². The van der Waals surface area contributed by atoms with Crippen molar-refractivity contribution in [2.24, 2.45) is 0 Å². The highest BCUT2D eigenvalue weighted by Crippen LogP contribution is 2.35. The van der Waals surface area contributed by atoms with Gasteiger partial charge in [0.25, 0.3) is 5.91 Å². The van der Waals surface area contributed by atoms with Crippen LogP contribution in [-0.2, 0) is 11.2 Å². The van der Waals surface area contributed by atoms with E-state index in [9.17, 15) is 14.7 Å². The van der Waals surface area contributed by atoms with Crippen LogP contribution in [0.2, 0.25) is 0 Å². The molecule has 1 fully saturated rings. The minimum Gasteiger partial charge on any atom is -0.456 e. The Hall–Kier alpha value is -3.82. The number of carbonyl (C=O) groups is 2. The predicted molar refractivity (Wildman–Crippen MR) is 139 cm³/mol. The molecule has 4 heterocycles. The number of hydrogen-bond acceptors (Lipinski definition) is 7. The molecule has 36 heavy (non-hydrogen) atoms. The number of fused-ring (bicyclic) bond motifs is 1. The van der Waals surface area contributed by atoms with Crippen molar-refractivity contribution >= 4 is 39.2 Å². The zero-order valence-electron chi connectivity index (χ0n) is 20.0. The van der Waals surface area contributed by atoms with Crippen molar-refractivity contribution in [1.29, 1.82) is 0 Å². The summed E-state index contributed by atoms with van der Waals surface area (Å²) < 4.78 is 6.89. The molecule has 1 aromatic carbocycles. The smallest absolute Gasteiger partial charge is 0.264 e. The van der Waals surface area contributed by atoms with Crippen LogP contribution >= 0.6 is 11.3 Å². The van der Waals surface area contributed by atoms with Gasteiger partial charge in [-0.25, -0.2) is 4.98 Å². The topological polar surface area (TPSA) is 105 Å². The number of likely N-dealkylation sites (tertiary alicyclic amines) is 1. The molecule has 1 aliphatic rings. The number of anilines is 1. The van der Waals surface area contributed by atoms with Crippen molar-refractivity contribution in [3.8, 4) is 11.5 Å². The predicted octanol–water partition coefficient (Wildman–Crippen LogP) is 4.49. The number of amides is 2. The lowest BCUT2D eigenvalue weighted by Crippen LogP contribution is -2.28. The Balaban J connectivity index is 1.26. The number of carbonyl (C=O) groups excluding carboxylic acids is 2. The van der Waals surface area contributed by atoms with Crippen molar-refractivity contribution in [3.63, 3.8) is 0 Å². The van der Waals surface area contributed by atoms with E-state index in [1.54, 1.807) is 23.2 Å². The van der Waals surface area contributed by atoms with E-state index in [4.69, 9.17) is 4.74 Å². The molecule has 8 nitrogen and oxygen atoms in total. The van der Waals surface area contributed by atoms with Gasteiger partial charge in [0.05, 0.1) is 27.6 Å². The molecule has 0 spiro atoms. The number of thiophene rings is 1. The molecule has 2 amide bonds. The fourth-order valence-electron chi connectivity index (χ4n) is 4.26. The van der Waals surface area contributed by atoms with Gasteiger partial charge in [0.2, 0.25) is 5.91 Å². The Morgan fingerprint density at radius 3 is 2.69 bits per heavy atom. The first-order valence-corrected chi connectivity index (χ1v) is 12.5. The molecule has 0 radical (unpaired) electrons. The van der Waals surface area contributed by atoms with Crippen LogP contribution in [0, 0.1) is 13.8 Å². The highest BCUT2D eigenvalue weighted by atomic mass is 32.1. The number of aromatic nitrogens is 2. The molecule has 1 aliphatic heterocycles. The van der Waals surface area contributed by atoms with E-state index in [1.807, 2.05) is 50.2 Å². The summed E-state index contributed by atoms with van der Waals surface area (Å²) in [4.78, 5) is 36.3. The molecule has 9 heteroatoms. The minimum atomic E-state index is -0.460. The summed E-state index contributed by atoms with van der Waals surface area (Å²) in [7, 11) is 0. The van der Waals surface area contributed by atoms with Crippen molar-refractivity contribution in [2.75, 3.05) is 18.4 Å². The number of β-amino-alcohol motifs (C(OH)–C–C–N with tert-alkyl or cyclic N) is 1. The Morgan fingerprint density at radius 2 is 1.97 bits per heavy atom. The molecule has 5 rings (SSSR count). The van der Waals surface area contributed by atoms with Crippen LogP contribution in [0.25, 0.3) is 10.2 Å². The number of hydrogen-bond donors (Lipinski definition) is 2. The van der Waals surface area contributed by atoms with Gasteiger partial charge in [0, 0.05) is 31.0 Å². The van der Waals surface area contributed by atoms with Crippen LogP contribution in [0.4, 0.5) is 5.82 Å². The van der Waals surface area contributed by atoms with E-state index in [0.29, 0.717) is 47.2 Å². The van der Waals surface area contributed by atoms with Gasteiger partial charge in [-0.05, 0) is 61.7 Å². The van der Waals surface area contributed by atoms with Crippen molar-refractivity contribution in [2.45, 2.75) is 32.8 Å². The average molecular weight is 503 g/mol. The molecule has 1 saturated heterocycles. The highest BCUT2D eigenvalue weighted by molar-refractivity contribution is 7.21. The lowest BCUT2D eigenvalue weighted by atomic mass is 10.1. The number of nitrogens with zero attached hydrogens (tertiary/aromatic N) is 3. The third kappa shape index (κ3) is 5.37. The van der Waals surface area contributed by atoms with Crippen molar-refractivity contribution in [3.05, 3.63) is 76.4 Å². The van der Waals surface area contributed by atoms with E-state index in [0.717, 1.165) is 21.5 Å². The Morgan fingerprint density at radius 1 is 1.17 bits per heavy atom. The number of benzene rings is 1. The van der Waals surface area contributed by atoms with Crippen LogP contribution < -0.4 is 10.1 Å². The van der Waals surface area contributed by atoms with E-state index in [1.165, 1.54) is 11.3 Å². The van der Waals surface area contributed by atoms with Gasteiger partial charge in [-0.1, -0.05) is 12.1 Å². The standard InChI is InChI=1S/C27H26N4O4S/c1-16-11-17(2)29-24(12-16)30-25(33)13-18-3-5-20(6-4-18)35-22-7-9-28-21-14-23(36-26(21)22)27(34)31-10-8-19(32)15-31/h3-7,9,11-12,14,19,32H,8,10,13,15H2,1-2H3,(H,29,30,33)/t19-/m1/s1. The molecule has 0 aliphatic carbocycles. The Labute approximate surface area is 212 Å². The second-order valence-corrected chi connectivity index (χ2v) is 10.0. The Kier molecular flexibility index (Phi) is 6.67.